The summed E-state index contributed by atoms with van der Waals surface area (Å²) in [6, 6.07) is 8.09. The number of thiocarbonyl (C=S) groups is 1. The summed E-state index contributed by atoms with van der Waals surface area (Å²) < 4.78 is 5.22. The predicted octanol–water partition coefficient (Wildman–Crippen LogP) is 0.716. The van der Waals surface area contributed by atoms with Gasteiger partial charge in [0.25, 0.3) is 0 Å². The topological polar surface area (TPSA) is 89.8 Å². The summed E-state index contributed by atoms with van der Waals surface area (Å²) in [5.41, 5.74) is 1.19. The fourth-order valence-electron chi connectivity index (χ4n) is 3.88. The van der Waals surface area contributed by atoms with Crippen molar-refractivity contribution in [1.29, 1.82) is 0 Å². The number of benzene rings is 1. The fourth-order valence-corrected chi connectivity index (χ4v) is 4.13. The summed E-state index contributed by atoms with van der Waals surface area (Å²) in [5.74, 6) is 0.151. The van der Waals surface area contributed by atoms with Gasteiger partial charge in [0.1, 0.15) is 24.0 Å². The van der Waals surface area contributed by atoms with E-state index in [4.69, 9.17) is 17.0 Å². The lowest BCUT2D eigenvalue weighted by Gasteiger charge is -2.36. The van der Waals surface area contributed by atoms with E-state index >= 15 is 0 Å². The second kappa shape index (κ2) is 10.0. The number of dihydropyridines is 1. The van der Waals surface area contributed by atoms with Crippen LogP contribution in [0.4, 0.5) is 5.69 Å². The number of methoxy groups -OCH3 is 1. The number of amidine groups is 1. The van der Waals surface area contributed by atoms with Gasteiger partial charge in [-0.2, -0.15) is 0 Å². The summed E-state index contributed by atoms with van der Waals surface area (Å²) >= 11 is 5.19. The van der Waals surface area contributed by atoms with Gasteiger partial charge in [-0.1, -0.05) is 6.08 Å². The number of carbonyl (C=O) groups excluding carboxylic acids is 2. The van der Waals surface area contributed by atoms with Crippen LogP contribution in [0.2, 0.25) is 0 Å². The van der Waals surface area contributed by atoms with Crippen molar-refractivity contribution >= 4 is 46.9 Å². The zero-order valence-electron chi connectivity index (χ0n) is 17.9. The number of hydrogen-bond donors (Lipinski definition) is 1. The molecule has 1 N–H and O–H groups in total. The average Bonchev–Trinajstić information content (AvgIpc) is 2.82. The summed E-state index contributed by atoms with van der Waals surface area (Å²) in [6.07, 6.45) is 4.99. The van der Waals surface area contributed by atoms with Gasteiger partial charge in [0.15, 0.2) is 0 Å². The Balaban J connectivity index is 1.19. The van der Waals surface area contributed by atoms with Gasteiger partial charge in [0.05, 0.1) is 7.11 Å². The van der Waals surface area contributed by atoms with Gasteiger partial charge in [-0.3, -0.25) is 19.4 Å². The molecule has 0 bridgehead atoms. The minimum atomic E-state index is -0.568. The van der Waals surface area contributed by atoms with Crippen molar-refractivity contribution in [3.8, 4) is 5.75 Å². The van der Waals surface area contributed by atoms with Gasteiger partial charge in [-0.15, -0.1) is 0 Å². The van der Waals surface area contributed by atoms with Crippen molar-refractivity contribution in [2.24, 2.45) is 15.9 Å². The van der Waals surface area contributed by atoms with E-state index in [0.29, 0.717) is 12.4 Å². The molecule has 3 aliphatic rings. The van der Waals surface area contributed by atoms with E-state index in [-0.39, 0.29) is 23.5 Å². The lowest BCUT2D eigenvalue weighted by Crippen LogP contribution is -2.51. The zero-order chi connectivity index (χ0) is 22.5. The third-order valence-corrected chi connectivity index (χ3v) is 6.02. The van der Waals surface area contributed by atoms with Crippen LogP contribution in [0.3, 0.4) is 0 Å². The van der Waals surface area contributed by atoms with Crippen molar-refractivity contribution in [2.75, 3.05) is 57.8 Å². The Kier molecular flexibility index (Phi) is 6.91. The van der Waals surface area contributed by atoms with E-state index in [0.717, 1.165) is 38.5 Å². The first kappa shape index (κ1) is 22.1. The molecule has 1 aromatic rings. The second-order valence-corrected chi connectivity index (χ2v) is 8.06. The van der Waals surface area contributed by atoms with Crippen LogP contribution >= 0.6 is 12.2 Å². The van der Waals surface area contributed by atoms with Crippen LogP contribution in [0.5, 0.6) is 5.75 Å². The van der Waals surface area contributed by atoms with Crippen molar-refractivity contribution in [2.45, 2.75) is 0 Å². The van der Waals surface area contributed by atoms with Crippen molar-refractivity contribution in [3.05, 3.63) is 36.4 Å². The third-order valence-electron chi connectivity index (χ3n) is 5.71. The van der Waals surface area contributed by atoms with Gasteiger partial charge < -0.3 is 15.0 Å². The van der Waals surface area contributed by atoms with E-state index in [9.17, 15) is 9.59 Å². The highest BCUT2D eigenvalue weighted by molar-refractivity contribution is 7.80. The first-order chi connectivity index (χ1) is 15.5. The van der Waals surface area contributed by atoms with E-state index in [2.05, 4.69) is 37.2 Å². The molecular formula is C22H26N6O3S. The van der Waals surface area contributed by atoms with Crippen LogP contribution in [-0.4, -0.2) is 91.7 Å². The fraction of sp³-hybridized carbons (Fsp3) is 0.409. The Bertz CT molecular complexity index is 966. The molecule has 0 saturated carbocycles. The summed E-state index contributed by atoms with van der Waals surface area (Å²) in [4.78, 5) is 39.2. The number of rotatable bonds is 7. The maximum atomic E-state index is 12.6. The molecule has 168 valence electrons. The largest absolute Gasteiger partial charge is 0.497 e. The zero-order valence-corrected chi connectivity index (χ0v) is 18.8. The normalized spacial score (nSPS) is 20.8. The van der Waals surface area contributed by atoms with Crippen LogP contribution in [0.15, 0.2) is 46.4 Å². The number of fused-ring (bicyclic) bond motifs is 1. The molecule has 0 spiro atoms. The quantitative estimate of drug-likeness (QED) is 0.611. The number of ether oxygens (including phenoxy) is 1. The molecule has 1 aromatic carbocycles. The standard InChI is InChI=1S/C22H26N6O3S/c1-31-17-6-4-16(5-7-17)27-13-11-26(12-14-27)10-9-23-19(29)15-28-21(30)18-3-2-8-24-20(18)25-22(28)32/h2-8,18H,9-15H2,1H3,(H,23,29). The van der Waals surface area contributed by atoms with E-state index in [1.807, 2.05) is 12.1 Å². The maximum absolute atomic E-state index is 12.6. The SMILES string of the molecule is COc1ccc(N2CCN(CCNC(=O)CN3C(=O)C4C=CC=NC4=NC3=S)CC2)cc1. The summed E-state index contributed by atoms with van der Waals surface area (Å²) in [5, 5.41) is 2.97. The molecule has 1 unspecified atom stereocenters. The van der Waals surface area contributed by atoms with Gasteiger partial charge in [0.2, 0.25) is 16.9 Å². The number of piperazine rings is 1. The minimum absolute atomic E-state index is 0.0819. The smallest absolute Gasteiger partial charge is 0.243 e. The van der Waals surface area contributed by atoms with Gasteiger partial charge >= 0.3 is 0 Å². The molecule has 0 aromatic heterocycles. The Morgan fingerprint density at radius 1 is 1.22 bits per heavy atom. The highest BCUT2D eigenvalue weighted by atomic mass is 32.1. The molecular weight excluding hydrogens is 428 g/mol. The Hall–Kier alpha value is -3.11. The Morgan fingerprint density at radius 3 is 2.69 bits per heavy atom. The number of hydrogen-bond acceptors (Lipinski definition) is 7. The molecule has 32 heavy (non-hydrogen) atoms. The van der Waals surface area contributed by atoms with E-state index in [1.165, 1.54) is 10.6 Å². The molecule has 3 heterocycles. The number of nitrogens with zero attached hydrogens (tertiary/aromatic N) is 5. The van der Waals surface area contributed by atoms with E-state index in [1.54, 1.807) is 25.5 Å². The predicted molar refractivity (Wildman–Crippen MR) is 128 cm³/mol. The number of nitrogens with one attached hydrogen (secondary N) is 1. The van der Waals surface area contributed by atoms with Crippen molar-refractivity contribution in [3.63, 3.8) is 0 Å². The third kappa shape index (κ3) is 5.03. The van der Waals surface area contributed by atoms with Crippen LogP contribution in [-0.2, 0) is 9.59 Å². The first-order valence-electron chi connectivity index (χ1n) is 10.6. The van der Waals surface area contributed by atoms with Crippen LogP contribution in [0.25, 0.3) is 0 Å². The molecule has 9 nitrogen and oxygen atoms in total. The van der Waals surface area contributed by atoms with Crippen LogP contribution in [0.1, 0.15) is 0 Å². The monoisotopic (exact) mass is 454 g/mol. The van der Waals surface area contributed by atoms with Gasteiger partial charge in [-0.05, 0) is 42.6 Å². The second-order valence-electron chi connectivity index (χ2n) is 7.69. The average molecular weight is 455 g/mol. The highest BCUT2D eigenvalue weighted by Crippen LogP contribution is 2.21. The van der Waals surface area contributed by atoms with Crippen molar-refractivity contribution in [1.82, 2.24) is 15.1 Å². The minimum Gasteiger partial charge on any atom is -0.497 e. The van der Waals surface area contributed by atoms with Crippen LogP contribution < -0.4 is 15.0 Å². The molecule has 1 saturated heterocycles. The number of amides is 2. The first-order valence-corrected chi connectivity index (χ1v) is 11.0. The molecule has 1 fully saturated rings. The number of carbonyl (C=O) groups is 2. The van der Waals surface area contributed by atoms with Gasteiger partial charge in [0, 0.05) is 51.2 Å². The molecule has 1 atom stereocenters. The molecule has 0 aliphatic carbocycles. The molecule has 3 aliphatic heterocycles. The lowest BCUT2D eigenvalue weighted by atomic mass is 10.0. The van der Waals surface area contributed by atoms with Crippen molar-refractivity contribution < 1.29 is 14.3 Å². The number of anilines is 1. The molecule has 4 rings (SSSR count). The maximum Gasteiger partial charge on any atom is 0.243 e. The molecule has 2 amide bonds. The summed E-state index contributed by atoms with van der Waals surface area (Å²) in [7, 11) is 1.66. The van der Waals surface area contributed by atoms with E-state index < -0.39 is 5.92 Å². The number of allylic oxidation sites excluding steroid dienone is 1. The van der Waals surface area contributed by atoms with Gasteiger partial charge in [-0.25, -0.2) is 9.98 Å². The molecule has 10 heteroatoms. The molecule has 0 radical (unpaired) electrons. The highest BCUT2D eigenvalue weighted by Gasteiger charge is 2.35. The lowest BCUT2D eigenvalue weighted by molar-refractivity contribution is -0.133. The Labute approximate surface area is 192 Å². The Morgan fingerprint density at radius 2 is 1.97 bits per heavy atom. The van der Waals surface area contributed by atoms with Crippen LogP contribution in [0, 0.1) is 5.92 Å². The summed E-state index contributed by atoms with van der Waals surface area (Å²) in [6.45, 7) is 4.82. The number of aliphatic imine (C=N–C) groups is 2.